The van der Waals surface area contributed by atoms with Crippen molar-refractivity contribution in [2.45, 2.75) is 43.5 Å². The summed E-state index contributed by atoms with van der Waals surface area (Å²) in [4.78, 5) is 16.5. The Morgan fingerprint density at radius 2 is 2.16 bits per heavy atom. The maximum absolute atomic E-state index is 13.3. The Bertz CT molecular complexity index is 1490. The monoisotopic (exact) mass is 544 g/mol. The molecule has 6 rings (SSSR count). The van der Waals surface area contributed by atoms with E-state index < -0.39 is 38.0 Å². The number of hydrogen-bond acceptors (Lipinski definition) is 13. The maximum Gasteiger partial charge on any atom is 0.475 e. The second kappa shape index (κ2) is 9.50. The Morgan fingerprint density at radius 1 is 1.29 bits per heavy atom. The van der Waals surface area contributed by atoms with Crippen LogP contribution in [0.2, 0.25) is 0 Å². The molecular weight excluding hydrogens is 519 g/mol. The third-order valence-electron chi connectivity index (χ3n) is 6.61. The Hall–Kier alpha value is -3.23. The van der Waals surface area contributed by atoms with Crippen molar-refractivity contribution < 1.29 is 37.5 Å². The Kier molecular flexibility index (Phi) is 6.27. The average Bonchev–Trinajstić information content (AvgIpc) is 3.64. The molecule has 0 aliphatic carbocycles. The number of nitrogens with zero attached hydrogens (tertiary/aromatic N) is 5. The van der Waals surface area contributed by atoms with Gasteiger partial charge in [0.15, 0.2) is 23.5 Å². The van der Waals surface area contributed by atoms with Crippen LogP contribution in [0.25, 0.3) is 22.6 Å². The summed E-state index contributed by atoms with van der Waals surface area (Å²) < 4.78 is 42.8. The van der Waals surface area contributed by atoms with E-state index in [-0.39, 0.29) is 19.0 Å². The molecule has 2 aliphatic rings. The van der Waals surface area contributed by atoms with Crippen molar-refractivity contribution in [2.75, 3.05) is 18.9 Å². The van der Waals surface area contributed by atoms with E-state index in [9.17, 15) is 14.8 Å². The van der Waals surface area contributed by atoms with E-state index in [0.717, 1.165) is 5.56 Å². The van der Waals surface area contributed by atoms with Crippen molar-refractivity contribution in [1.29, 1.82) is 0 Å². The molecule has 6 heterocycles. The molecule has 15 heteroatoms. The summed E-state index contributed by atoms with van der Waals surface area (Å²) >= 11 is 0. The van der Waals surface area contributed by atoms with Gasteiger partial charge in [0.2, 0.25) is 0 Å². The molecule has 38 heavy (non-hydrogen) atoms. The number of furan rings is 1. The van der Waals surface area contributed by atoms with Crippen LogP contribution in [0.1, 0.15) is 31.2 Å². The molecule has 0 radical (unpaired) electrons. The first kappa shape index (κ1) is 25.1. The molecule has 2 fully saturated rings. The van der Waals surface area contributed by atoms with Gasteiger partial charge in [-0.25, -0.2) is 19.5 Å². The number of aliphatic hydroxyl groups excluding tert-OH is 1. The topological polar surface area (TPSA) is 190 Å². The molecule has 2 aliphatic heterocycles. The van der Waals surface area contributed by atoms with Gasteiger partial charge in [-0.3, -0.25) is 23.1 Å². The molecule has 0 amide bonds. The number of rotatable bonds is 6. The summed E-state index contributed by atoms with van der Waals surface area (Å²) in [5.74, 6) is 0.753. The molecule has 0 spiro atoms. The van der Waals surface area contributed by atoms with E-state index in [1.165, 1.54) is 24.1 Å². The highest BCUT2D eigenvalue weighted by atomic mass is 31.2. The van der Waals surface area contributed by atoms with Crippen molar-refractivity contribution in [3.63, 3.8) is 0 Å². The first-order valence-electron chi connectivity index (χ1n) is 11.8. The Labute approximate surface area is 216 Å². The summed E-state index contributed by atoms with van der Waals surface area (Å²) in [5.41, 5.74) is 6.06. The molecule has 2 saturated heterocycles. The fourth-order valence-electron chi connectivity index (χ4n) is 4.60. The van der Waals surface area contributed by atoms with Gasteiger partial charge in [0.25, 0.3) is 0 Å². The van der Waals surface area contributed by atoms with Gasteiger partial charge in [0.1, 0.15) is 35.3 Å². The molecule has 4 aromatic rings. The SMILES string of the molecule is C[C@@]1(O)[C@H](O)[C@@H](COP2(=O)OCCC(c3ccnc(-c4ccco4)c3)O2)O[C@H]1n1cnc2c(N)ncnc21. The minimum Gasteiger partial charge on any atom is -0.463 e. The molecule has 200 valence electrons. The van der Waals surface area contributed by atoms with Gasteiger partial charge in [-0.15, -0.1) is 0 Å². The lowest BCUT2D eigenvalue weighted by atomic mass is 9.96. The molecule has 0 bridgehead atoms. The van der Waals surface area contributed by atoms with Crippen molar-refractivity contribution in [2.24, 2.45) is 0 Å². The number of pyridine rings is 1. The van der Waals surface area contributed by atoms with Gasteiger partial charge < -0.3 is 25.1 Å². The van der Waals surface area contributed by atoms with Crippen molar-refractivity contribution in [3.05, 3.63) is 54.9 Å². The molecule has 14 nitrogen and oxygen atoms in total. The summed E-state index contributed by atoms with van der Waals surface area (Å²) in [6.07, 6.45) is 2.09. The van der Waals surface area contributed by atoms with Crippen LogP contribution < -0.4 is 5.73 Å². The number of aliphatic hydroxyl groups is 2. The zero-order valence-electron chi connectivity index (χ0n) is 20.2. The van der Waals surface area contributed by atoms with Gasteiger partial charge in [-0.1, -0.05) is 0 Å². The third kappa shape index (κ3) is 4.39. The van der Waals surface area contributed by atoms with Crippen molar-refractivity contribution >= 4 is 24.8 Å². The standard InChI is InChI=1S/C23H25N6O8P/c1-23(31)19(30)17(36-22(23)29-12-28-18-20(24)26-11-27-21(18)29)10-35-38(32)34-8-5-15(37-38)13-4-6-25-14(9-13)16-3-2-7-33-16/h2-4,6-7,9,11-12,15,17,19,22,30-31H,5,8,10H2,1H3,(H2,24,26,27)/t15?,17-,19-,22-,23-,38?/m1/s1. The van der Waals surface area contributed by atoms with Gasteiger partial charge >= 0.3 is 7.82 Å². The molecule has 6 atom stereocenters. The first-order valence-corrected chi connectivity index (χ1v) is 13.3. The molecule has 4 aromatic heterocycles. The fraction of sp³-hybridized carbons (Fsp3) is 0.391. The average molecular weight is 544 g/mol. The fourth-order valence-corrected chi connectivity index (χ4v) is 5.99. The number of hydrogen-bond donors (Lipinski definition) is 3. The predicted octanol–water partition coefficient (Wildman–Crippen LogP) is 2.38. The molecule has 2 unspecified atom stereocenters. The highest BCUT2D eigenvalue weighted by Crippen LogP contribution is 2.57. The Morgan fingerprint density at radius 3 is 2.97 bits per heavy atom. The Balaban J connectivity index is 1.16. The second-order valence-corrected chi connectivity index (χ2v) is 10.8. The predicted molar refractivity (Wildman–Crippen MR) is 130 cm³/mol. The van der Waals surface area contributed by atoms with E-state index in [1.807, 2.05) is 0 Å². The van der Waals surface area contributed by atoms with Crippen LogP contribution in [0, 0.1) is 0 Å². The third-order valence-corrected chi connectivity index (χ3v) is 8.08. The van der Waals surface area contributed by atoms with E-state index >= 15 is 0 Å². The number of phosphoric ester groups is 1. The van der Waals surface area contributed by atoms with Crippen LogP contribution in [0.15, 0.2) is 53.8 Å². The van der Waals surface area contributed by atoms with Crippen LogP contribution >= 0.6 is 7.82 Å². The number of fused-ring (bicyclic) bond motifs is 1. The number of nitrogens with two attached hydrogens (primary N) is 1. The summed E-state index contributed by atoms with van der Waals surface area (Å²) in [6, 6.07) is 7.09. The minimum atomic E-state index is -4.03. The van der Waals surface area contributed by atoms with E-state index in [4.69, 9.17) is 28.5 Å². The second-order valence-electron chi connectivity index (χ2n) is 9.19. The van der Waals surface area contributed by atoms with E-state index in [1.54, 1.807) is 36.7 Å². The molecular formula is C23H25N6O8P. The zero-order valence-corrected chi connectivity index (χ0v) is 21.0. The molecule has 0 aromatic carbocycles. The van der Waals surface area contributed by atoms with Gasteiger partial charge in [0, 0.05) is 12.6 Å². The van der Waals surface area contributed by atoms with Crippen LogP contribution in [0.4, 0.5) is 5.82 Å². The smallest absolute Gasteiger partial charge is 0.463 e. The van der Waals surface area contributed by atoms with Gasteiger partial charge in [-0.2, -0.15) is 0 Å². The molecule has 0 saturated carbocycles. The number of ether oxygens (including phenoxy) is 1. The van der Waals surface area contributed by atoms with Crippen molar-refractivity contribution in [1.82, 2.24) is 24.5 Å². The minimum absolute atomic E-state index is 0.122. The summed E-state index contributed by atoms with van der Waals surface area (Å²) in [6.45, 7) is 1.15. The molecule has 4 N–H and O–H groups in total. The highest BCUT2D eigenvalue weighted by molar-refractivity contribution is 7.48. The van der Waals surface area contributed by atoms with Crippen LogP contribution in [-0.2, 0) is 22.9 Å². The number of aromatic nitrogens is 5. The van der Waals surface area contributed by atoms with Crippen molar-refractivity contribution in [3.8, 4) is 11.5 Å². The van der Waals surface area contributed by atoms with E-state index in [0.29, 0.717) is 29.0 Å². The first-order chi connectivity index (χ1) is 18.2. The quantitative estimate of drug-likeness (QED) is 0.300. The van der Waals surface area contributed by atoms with Crippen LogP contribution in [0.5, 0.6) is 0 Å². The number of nitrogen functional groups attached to an aromatic ring is 1. The maximum atomic E-state index is 13.3. The number of phosphoric acid groups is 1. The van der Waals surface area contributed by atoms with Gasteiger partial charge in [0.05, 0.1) is 31.9 Å². The largest absolute Gasteiger partial charge is 0.475 e. The number of imidazole rings is 1. The zero-order chi connectivity index (χ0) is 26.5. The lowest BCUT2D eigenvalue weighted by molar-refractivity contribution is -0.0953. The van der Waals surface area contributed by atoms with E-state index in [2.05, 4.69) is 19.9 Å². The lowest BCUT2D eigenvalue weighted by Crippen LogP contribution is -2.44. The summed E-state index contributed by atoms with van der Waals surface area (Å²) in [5, 5.41) is 21.9. The van der Waals surface area contributed by atoms with Crippen LogP contribution in [0.3, 0.4) is 0 Å². The normalized spacial score (nSPS) is 31.7. The lowest BCUT2D eigenvalue weighted by Gasteiger charge is -2.30. The summed E-state index contributed by atoms with van der Waals surface area (Å²) in [7, 11) is -4.03. The van der Waals surface area contributed by atoms with Gasteiger partial charge in [-0.05, 0) is 36.8 Å². The number of anilines is 1. The van der Waals surface area contributed by atoms with Crippen LogP contribution in [-0.4, -0.2) is 65.7 Å². The highest BCUT2D eigenvalue weighted by Gasteiger charge is 2.54.